The Hall–Kier alpha value is -1.52. The molecule has 1 aromatic carbocycles. The predicted molar refractivity (Wildman–Crippen MR) is 89.0 cm³/mol. The van der Waals surface area contributed by atoms with Gasteiger partial charge in [0.15, 0.2) is 17.4 Å². The van der Waals surface area contributed by atoms with E-state index >= 15 is 0 Å². The zero-order valence-corrected chi connectivity index (χ0v) is 14.3. The normalized spacial score (nSPS) is 35.2. The Kier molecular flexibility index (Phi) is 3.85. The fraction of sp³-hybridized carbons (Fsp3) is 0.600. The molecule has 1 saturated heterocycles. The Morgan fingerprint density at radius 3 is 2.54 bits per heavy atom. The van der Waals surface area contributed by atoms with Crippen molar-refractivity contribution in [2.24, 2.45) is 11.8 Å². The van der Waals surface area contributed by atoms with E-state index in [0.29, 0.717) is 24.0 Å². The third-order valence-corrected chi connectivity index (χ3v) is 5.70. The number of ether oxygens (including phenoxy) is 2. The largest absolute Gasteiger partial charge is 0.345 e. The van der Waals surface area contributed by atoms with Crippen molar-refractivity contribution in [2.45, 2.75) is 63.9 Å². The monoisotopic (exact) mass is 328 g/mol. The molecular formula is C20H24O4. The molecule has 1 saturated carbocycles. The summed E-state index contributed by atoms with van der Waals surface area (Å²) in [6.45, 7) is 3.88. The molecule has 128 valence electrons. The van der Waals surface area contributed by atoms with Gasteiger partial charge in [0.1, 0.15) is 0 Å². The van der Waals surface area contributed by atoms with Crippen LogP contribution in [0.5, 0.6) is 0 Å². The molecule has 0 amide bonds. The van der Waals surface area contributed by atoms with E-state index in [2.05, 4.69) is 0 Å². The molecule has 4 atom stereocenters. The van der Waals surface area contributed by atoms with Gasteiger partial charge >= 0.3 is 0 Å². The molecule has 1 heterocycles. The van der Waals surface area contributed by atoms with E-state index in [1.165, 1.54) is 0 Å². The van der Waals surface area contributed by atoms with Crippen molar-refractivity contribution in [1.29, 1.82) is 0 Å². The summed E-state index contributed by atoms with van der Waals surface area (Å²) in [5, 5.41) is 0. The van der Waals surface area contributed by atoms with Gasteiger partial charge in [-0.25, -0.2) is 0 Å². The van der Waals surface area contributed by atoms with Crippen molar-refractivity contribution >= 4 is 11.6 Å². The molecule has 3 aliphatic rings. The topological polar surface area (TPSA) is 52.6 Å². The van der Waals surface area contributed by atoms with Crippen molar-refractivity contribution in [3.63, 3.8) is 0 Å². The Morgan fingerprint density at radius 2 is 1.75 bits per heavy atom. The average molecular weight is 328 g/mol. The summed E-state index contributed by atoms with van der Waals surface area (Å²) in [5.41, 5.74) is 1.17. The standard InChI is InChI=1S/C20H24O4/c1-20(2)23-17-9-5-8-15(19(17)24-20)14-10-11-16(21)12-6-3-4-7-13(12)18(14)22/h3-4,6-7,14-15,17,19H,5,8-11H2,1-2H3/t14?,15-,17+,19-/m0/s1. The molecule has 1 aromatic rings. The van der Waals surface area contributed by atoms with E-state index in [1.54, 1.807) is 12.1 Å². The van der Waals surface area contributed by atoms with E-state index in [9.17, 15) is 9.59 Å². The first-order chi connectivity index (χ1) is 11.5. The Balaban J connectivity index is 1.67. The van der Waals surface area contributed by atoms with Crippen molar-refractivity contribution in [3.8, 4) is 0 Å². The summed E-state index contributed by atoms with van der Waals surface area (Å²) in [5.74, 6) is -0.410. The van der Waals surface area contributed by atoms with Crippen molar-refractivity contribution < 1.29 is 19.1 Å². The highest BCUT2D eigenvalue weighted by atomic mass is 16.8. The van der Waals surface area contributed by atoms with Crippen LogP contribution in [0.2, 0.25) is 0 Å². The fourth-order valence-electron chi connectivity index (χ4n) is 4.70. The van der Waals surface area contributed by atoms with Crippen LogP contribution in [-0.4, -0.2) is 29.6 Å². The van der Waals surface area contributed by atoms with Crippen LogP contribution in [-0.2, 0) is 9.47 Å². The molecule has 4 nitrogen and oxygen atoms in total. The maximum atomic E-state index is 13.2. The van der Waals surface area contributed by atoms with Gasteiger partial charge in [0.2, 0.25) is 0 Å². The highest BCUT2D eigenvalue weighted by Crippen LogP contribution is 2.45. The van der Waals surface area contributed by atoms with Crippen LogP contribution in [0.15, 0.2) is 24.3 Å². The lowest BCUT2D eigenvalue weighted by molar-refractivity contribution is -0.150. The van der Waals surface area contributed by atoms with E-state index < -0.39 is 5.79 Å². The van der Waals surface area contributed by atoms with Crippen LogP contribution >= 0.6 is 0 Å². The number of fused-ring (bicyclic) bond motifs is 2. The van der Waals surface area contributed by atoms with Gasteiger partial charge in [-0.3, -0.25) is 9.59 Å². The highest BCUT2D eigenvalue weighted by Gasteiger charge is 2.50. The molecule has 4 rings (SSSR count). The van der Waals surface area contributed by atoms with Gasteiger partial charge in [-0.2, -0.15) is 0 Å². The van der Waals surface area contributed by atoms with Crippen LogP contribution < -0.4 is 0 Å². The Labute approximate surface area is 142 Å². The van der Waals surface area contributed by atoms with Crippen molar-refractivity contribution in [3.05, 3.63) is 35.4 Å². The average Bonchev–Trinajstić information content (AvgIpc) is 2.82. The van der Waals surface area contributed by atoms with Gasteiger partial charge in [0, 0.05) is 23.5 Å². The number of carbonyl (C=O) groups excluding carboxylic acids is 2. The molecule has 0 spiro atoms. The van der Waals surface area contributed by atoms with E-state index in [4.69, 9.17) is 9.47 Å². The van der Waals surface area contributed by atoms with Crippen molar-refractivity contribution in [1.82, 2.24) is 0 Å². The second kappa shape index (κ2) is 5.78. The summed E-state index contributed by atoms with van der Waals surface area (Å²) in [6.07, 6.45) is 4.08. The quantitative estimate of drug-likeness (QED) is 0.736. The second-order valence-corrected chi connectivity index (χ2v) is 7.71. The lowest BCUT2D eigenvalue weighted by Gasteiger charge is -2.35. The van der Waals surface area contributed by atoms with Gasteiger partial charge in [-0.05, 0) is 39.0 Å². The summed E-state index contributed by atoms with van der Waals surface area (Å²) in [4.78, 5) is 25.6. The second-order valence-electron chi connectivity index (χ2n) is 7.71. The molecular weight excluding hydrogens is 304 g/mol. The fourth-order valence-corrected chi connectivity index (χ4v) is 4.70. The van der Waals surface area contributed by atoms with Gasteiger partial charge in [-0.1, -0.05) is 30.7 Å². The summed E-state index contributed by atoms with van der Waals surface area (Å²) < 4.78 is 12.2. The lowest BCUT2D eigenvalue weighted by Crippen LogP contribution is -2.41. The maximum Gasteiger partial charge on any atom is 0.167 e. The smallest absolute Gasteiger partial charge is 0.167 e. The van der Waals surface area contributed by atoms with Crippen LogP contribution in [0.4, 0.5) is 0 Å². The first-order valence-corrected chi connectivity index (χ1v) is 8.98. The number of ketones is 2. The van der Waals surface area contributed by atoms with E-state index in [1.807, 2.05) is 26.0 Å². The number of rotatable bonds is 1. The van der Waals surface area contributed by atoms with Crippen LogP contribution in [0.25, 0.3) is 0 Å². The number of carbonyl (C=O) groups is 2. The van der Waals surface area contributed by atoms with Gasteiger partial charge in [0.05, 0.1) is 12.2 Å². The zero-order chi connectivity index (χ0) is 16.9. The van der Waals surface area contributed by atoms with Crippen LogP contribution in [0.1, 0.15) is 66.7 Å². The molecule has 0 aromatic heterocycles. The van der Waals surface area contributed by atoms with E-state index in [0.717, 1.165) is 19.3 Å². The summed E-state index contributed by atoms with van der Waals surface area (Å²) in [7, 11) is 0. The third kappa shape index (κ3) is 2.62. The molecule has 0 radical (unpaired) electrons. The minimum absolute atomic E-state index is 0.0388. The molecule has 0 N–H and O–H groups in total. The molecule has 1 unspecified atom stereocenters. The maximum absolute atomic E-state index is 13.2. The molecule has 24 heavy (non-hydrogen) atoms. The highest BCUT2D eigenvalue weighted by molar-refractivity contribution is 6.11. The summed E-state index contributed by atoms with van der Waals surface area (Å²) >= 11 is 0. The number of benzene rings is 1. The first-order valence-electron chi connectivity index (χ1n) is 8.98. The first kappa shape index (κ1) is 16.0. The summed E-state index contributed by atoms with van der Waals surface area (Å²) in [6, 6.07) is 7.25. The molecule has 2 aliphatic carbocycles. The molecule has 0 bridgehead atoms. The van der Waals surface area contributed by atoms with E-state index in [-0.39, 0.29) is 35.6 Å². The van der Waals surface area contributed by atoms with Crippen LogP contribution in [0.3, 0.4) is 0 Å². The van der Waals surface area contributed by atoms with Gasteiger partial charge in [0.25, 0.3) is 0 Å². The molecule has 1 aliphatic heterocycles. The van der Waals surface area contributed by atoms with Crippen LogP contribution in [0, 0.1) is 11.8 Å². The van der Waals surface area contributed by atoms with Crippen molar-refractivity contribution in [2.75, 3.05) is 0 Å². The Bertz CT molecular complexity index is 678. The minimum atomic E-state index is -0.584. The number of hydrogen-bond donors (Lipinski definition) is 0. The Morgan fingerprint density at radius 1 is 1.00 bits per heavy atom. The van der Waals surface area contributed by atoms with Gasteiger partial charge in [-0.15, -0.1) is 0 Å². The molecule has 4 heteroatoms. The molecule has 2 fully saturated rings. The van der Waals surface area contributed by atoms with Gasteiger partial charge < -0.3 is 9.47 Å². The number of Topliss-reactive ketones (excluding diaryl/α,β-unsaturated/α-hetero) is 2. The zero-order valence-electron chi connectivity index (χ0n) is 14.3. The minimum Gasteiger partial charge on any atom is -0.345 e. The predicted octanol–water partition coefficient (Wildman–Crippen LogP) is 3.78. The third-order valence-electron chi connectivity index (χ3n) is 5.70. The number of hydrogen-bond acceptors (Lipinski definition) is 4. The SMILES string of the molecule is CC1(C)O[C@@H]2[C@@H](CCC[C@H]2C2CCC(=O)c3ccccc3C2=O)O1. The lowest BCUT2D eigenvalue weighted by atomic mass is 9.73.